The highest BCUT2D eigenvalue weighted by Crippen LogP contribution is 2.28. The second-order valence-corrected chi connectivity index (χ2v) is 6.04. The smallest absolute Gasteiger partial charge is 0.0968 e. The normalized spacial score (nSPS) is 14.8. The van der Waals surface area contributed by atoms with E-state index in [-0.39, 0.29) is 0 Å². The Morgan fingerprint density at radius 2 is 2.00 bits per heavy atom. The van der Waals surface area contributed by atoms with Gasteiger partial charge in [0.1, 0.15) is 0 Å². The van der Waals surface area contributed by atoms with Gasteiger partial charge in [0.2, 0.25) is 0 Å². The lowest BCUT2D eigenvalue weighted by Gasteiger charge is -2.27. The van der Waals surface area contributed by atoms with Gasteiger partial charge in [-0.3, -0.25) is 14.7 Å². The van der Waals surface area contributed by atoms with Crippen molar-refractivity contribution in [1.82, 2.24) is 24.9 Å². The van der Waals surface area contributed by atoms with Crippen LogP contribution in [0.1, 0.15) is 17.7 Å². The molecule has 0 amide bonds. The van der Waals surface area contributed by atoms with Gasteiger partial charge in [-0.1, -0.05) is 30.3 Å². The average molecular weight is 307 g/mol. The van der Waals surface area contributed by atoms with E-state index in [0.717, 1.165) is 44.7 Å². The van der Waals surface area contributed by atoms with E-state index in [4.69, 9.17) is 0 Å². The monoisotopic (exact) mass is 307 g/mol. The largest absolute Gasteiger partial charge is 0.298 e. The second-order valence-electron chi connectivity index (χ2n) is 6.04. The van der Waals surface area contributed by atoms with Gasteiger partial charge in [-0.25, -0.2) is 0 Å². The van der Waals surface area contributed by atoms with E-state index in [1.54, 1.807) is 0 Å². The molecule has 0 saturated heterocycles. The van der Waals surface area contributed by atoms with Crippen LogP contribution in [-0.2, 0) is 19.5 Å². The van der Waals surface area contributed by atoms with Crippen LogP contribution in [0, 0.1) is 0 Å². The fraction of sp³-hybridized carbons (Fsp3) is 0.333. The Hall–Kier alpha value is -2.40. The first-order valence-corrected chi connectivity index (χ1v) is 8.21. The molecule has 0 radical (unpaired) electrons. The highest BCUT2D eigenvalue weighted by molar-refractivity contribution is 5.64. The van der Waals surface area contributed by atoms with Crippen molar-refractivity contribution in [3.8, 4) is 11.3 Å². The molecule has 0 unspecified atom stereocenters. The van der Waals surface area contributed by atoms with E-state index < -0.39 is 0 Å². The molecule has 5 heteroatoms. The fourth-order valence-electron chi connectivity index (χ4n) is 3.27. The van der Waals surface area contributed by atoms with Crippen molar-refractivity contribution >= 4 is 0 Å². The standard InChI is InChI=1S/C18H21N5/c1-2-6-15(7-3-1)18-16-14-22(13-8-17(16)20-21-18)10-5-12-23-11-4-9-19-23/h1-4,6-7,9,11H,5,8,10,12-14H2,(H,20,21). The van der Waals surface area contributed by atoms with Crippen LogP contribution in [0.5, 0.6) is 0 Å². The summed E-state index contributed by atoms with van der Waals surface area (Å²) in [6.45, 7) is 4.16. The van der Waals surface area contributed by atoms with Crippen molar-refractivity contribution in [3.63, 3.8) is 0 Å². The third-order valence-corrected chi connectivity index (χ3v) is 4.48. The van der Waals surface area contributed by atoms with E-state index >= 15 is 0 Å². The molecule has 1 N–H and O–H groups in total. The number of nitrogens with zero attached hydrogens (tertiary/aromatic N) is 4. The topological polar surface area (TPSA) is 49.7 Å². The maximum atomic E-state index is 4.56. The lowest BCUT2D eigenvalue weighted by Crippen LogP contribution is -2.31. The predicted molar refractivity (Wildman–Crippen MR) is 89.8 cm³/mol. The maximum absolute atomic E-state index is 4.56. The number of H-pyrrole nitrogens is 1. The molecule has 3 aromatic rings. The Balaban J connectivity index is 1.43. The molecule has 3 heterocycles. The quantitative estimate of drug-likeness (QED) is 0.788. The Labute approximate surface area is 135 Å². The van der Waals surface area contributed by atoms with Crippen LogP contribution in [0.15, 0.2) is 48.8 Å². The van der Waals surface area contributed by atoms with Crippen LogP contribution in [0.3, 0.4) is 0 Å². The third-order valence-electron chi connectivity index (χ3n) is 4.48. The highest BCUT2D eigenvalue weighted by Gasteiger charge is 2.22. The zero-order chi connectivity index (χ0) is 15.5. The molecule has 23 heavy (non-hydrogen) atoms. The van der Waals surface area contributed by atoms with Crippen LogP contribution in [0.4, 0.5) is 0 Å². The average Bonchev–Trinajstić information content (AvgIpc) is 3.25. The van der Waals surface area contributed by atoms with Crippen molar-refractivity contribution in [1.29, 1.82) is 0 Å². The number of aromatic nitrogens is 4. The van der Waals surface area contributed by atoms with Crippen LogP contribution < -0.4 is 0 Å². The zero-order valence-electron chi connectivity index (χ0n) is 13.2. The number of aryl methyl sites for hydroxylation is 1. The van der Waals surface area contributed by atoms with Crippen molar-refractivity contribution in [2.24, 2.45) is 0 Å². The molecule has 1 aliphatic rings. The molecule has 1 aromatic carbocycles. The predicted octanol–water partition coefficient (Wildman–Crippen LogP) is 2.72. The molecule has 0 spiro atoms. The Morgan fingerprint density at radius 3 is 2.83 bits per heavy atom. The number of hydrogen-bond acceptors (Lipinski definition) is 3. The van der Waals surface area contributed by atoms with E-state index in [1.807, 2.05) is 29.2 Å². The zero-order valence-corrected chi connectivity index (χ0v) is 13.2. The number of fused-ring (bicyclic) bond motifs is 1. The fourth-order valence-corrected chi connectivity index (χ4v) is 3.27. The molecular weight excluding hydrogens is 286 g/mol. The SMILES string of the molecule is c1ccc(-c2n[nH]c3c2CN(CCCn2cccn2)CC3)cc1. The molecule has 2 aromatic heterocycles. The van der Waals surface area contributed by atoms with Crippen LogP contribution in [-0.4, -0.2) is 38.0 Å². The molecule has 0 aliphatic carbocycles. The number of benzene rings is 1. The summed E-state index contributed by atoms with van der Waals surface area (Å²) in [6.07, 6.45) is 6.04. The summed E-state index contributed by atoms with van der Waals surface area (Å²) in [5.74, 6) is 0. The number of hydrogen-bond donors (Lipinski definition) is 1. The first-order chi connectivity index (χ1) is 11.4. The van der Waals surface area contributed by atoms with Gasteiger partial charge in [-0.2, -0.15) is 10.2 Å². The van der Waals surface area contributed by atoms with Gasteiger partial charge in [0.15, 0.2) is 0 Å². The summed E-state index contributed by atoms with van der Waals surface area (Å²) in [6, 6.07) is 12.4. The van der Waals surface area contributed by atoms with E-state index in [0.29, 0.717) is 0 Å². The number of aromatic amines is 1. The van der Waals surface area contributed by atoms with E-state index in [9.17, 15) is 0 Å². The lowest BCUT2D eigenvalue weighted by molar-refractivity contribution is 0.244. The Morgan fingerprint density at radius 1 is 1.09 bits per heavy atom. The van der Waals surface area contributed by atoms with E-state index in [2.05, 4.69) is 44.5 Å². The van der Waals surface area contributed by atoms with Crippen LogP contribution >= 0.6 is 0 Å². The maximum Gasteiger partial charge on any atom is 0.0968 e. The van der Waals surface area contributed by atoms with Gasteiger partial charge < -0.3 is 0 Å². The highest BCUT2D eigenvalue weighted by atomic mass is 15.3. The Kier molecular flexibility index (Phi) is 3.94. The van der Waals surface area contributed by atoms with Crippen LogP contribution in [0.25, 0.3) is 11.3 Å². The summed E-state index contributed by atoms with van der Waals surface area (Å²) in [5.41, 5.74) is 4.97. The number of rotatable bonds is 5. The Bertz CT molecular complexity index is 745. The lowest BCUT2D eigenvalue weighted by atomic mass is 10.0. The van der Waals surface area contributed by atoms with Gasteiger partial charge in [-0.05, 0) is 12.5 Å². The van der Waals surface area contributed by atoms with Crippen molar-refractivity contribution in [3.05, 3.63) is 60.0 Å². The van der Waals surface area contributed by atoms with Gasteiger partial charge in [-0.15, -0.1) is 0 Å². The molecule has 118 valence electrons. The van der Waals surface area contributed by atoms with Gasteiger partial charge in [0.05, 0.1) is 5.69 Å². The van der Waals surface area contributed by atoms with Crippen molar-refractivity contribution < 1.29 is 0 Å². The summed E-state index contributed by atoms with van der Waals surface area (Å²) in [5, 5.41) is 12.1. The summed E-state index contributed by atoms with van der Waals surface area (Å²) < 4.78 is 2.00. The summed E-state index contributed by atoms with van der Waals surface area (Å²) in [7, 11) is 0. The molecule has 0 atom stereocenters. The summed E-state index contributed by atoms with van der Waals surface area (Å²) >= 11 is 0. The molecule has 0 bridgehead atoms. The molecule has 1 aliphatic heterocycles. The van der Waals surface area contributed by atoms with Gasteiger partial charge in [0.25, 0.3) is 0 Å². The molecule has 0 fully saturated rings. The number of nitrogens with one attached hydrogen (secondary N) is 1. The molecule has 0 saturated carbocycles. The second kappa shape index (κ2) is 6.38. The third kappa shape index (κ3) is 3.05. The minimum Gasteiger partial charge on any atom is -0.298 e. The van der Waals surface area contributed by atoms with Gasteiger partial charge >= 0.3 is 0 Å². The molecular formula is C18H21N5. The summed E-state index contributed by atoms with van der Waals surface area (Å²) in [4.78, 5) is 2.52. The van der Waals surface area contributed by atoms with Crippen molar-refractivity contribution in [2.75, 3.05) is 13.1 Å². The molecule has 5 nitrogen and oxygen atoms in total. The van der Waals surface area contributed by atoms with Crippen LogP contribution in [0.2, 0.25) is 0 Å². The minimum atomic E-state index is 0.979. The first kappa shape index (κ1) is 14.2. The van der Waals surface area contributed by atoms with E-state index in [1.165, 1.54) is 16.8 Å². The van der Waals surface area contributed by atoms with Gasteiger partial charge in [0, 0.05) is 61.8 Å². The molecule has 4 rings (SSSR count). The first-order valence-electron chi connectivity index (χ1n) is 8.21. The van der Waals surface area contributed by atoms with Crippen molar-refractivity contribution in [2.45, 2.75) is 25.9 Å². The minimum absolute atomic E-state index is 0.979.